The number of ketones is 1. The first-order valence-electron chi connectivity index (χ1n) is 19.0. The Hall–Kier alpha value is -3.77. The molecule has 2 unspecified atom stereocenters. The highest BCUT2D eigenvalue weighted by molar-refractivity contribution is 6.37. The molecule has 3 aliphatic carbocycles. The molecule has 5 N–H and O–H groups in total. The van der Waals surface area contributed by atoms with E-state index in [0.717, 1.165) is 38.5 Å². The Morgan fingerprint density at radius 2 is 1.48 bits per heavy atom. The van der Waals surface area contributed by atoms with E-state index < -0.39 is 64.5 Å². The molecule has 0 bridgehead atoms. The maximum atomic E-state index is 14.8. The normalized spacial score (nSPS) is 27.0. The van der Waals surface area contributed by atoms with Crippen molar-refractivity contribution >= 4 is 41.4 Å². The number of hydrogen-bond acceptors (Lipinski definition) is 7. The quantitative estimate of drug-likeness (QED) is 0.143. The number of carbonyl (C=O) groups excluding carboxylic acids is 7. The molecule has 13 heteroatoms. The van der Waals surface area contributed by atoms with Crippen LogP contribution in [0.1, 0.15) is 120 Å². The van der Waals surface area contributed by atoms with Gasteiger partial charge >= 0.3 is 6.03 Å². The fourth-order valence-corrected chi connectivity index (χ4v) is 9.68. The Balaban J connectivity index is 1.39. The van der Waals surface area contributed by atoms with Crippen molar-refractivity contribution in [3.05, 3.63) is 12.2 Å². The lowest BCUT2D eigenvalue weighted by atomic mass is 9.73. The topological polar surface area (TPSA) is 188 Å². The maximum Gasteiger partial charge on any atom is 0.315 e. The summed E-state index contributed by atoms with van der Waals surface area (Å²) in [6, 6.07) is -4.32. The molecule has 5 aliphatic rings. The fraction of sp³-hybridized carbons (Fsp3) is 0.769. The van der Waals surface area contributed by atoms with Gasteiger partial charge in [-0.1, -0.05) is 93.2 Å². The summed E-state index contributed by atoms with van der Waals surface area (Å²) < 4.78 is 0. The molecule has 2 saturated heterocycles. The summed E-state index contributed by atoms with van der Waals surface area (Å²) in [5, 5.41) is 8.69. The highest BCUT2D eigenvalue weighted by Crippen LogP contribution is 2.88. The second-order valence-electron chi connectivity index (χ2n) is 19.0. The number of nitrogens with zero attached hydrogens (tertiary/aromatic N) is 2. The third-order valence-corrected chi connectivity index (χ3v) is 13.6. The summed E-state index contributed by atoms with van der Waals surface area (Å²) in [5.41, 5.74) is 4.16. The third-order valence-electron chi connectivity index (χ3n) is 13.6. The van der Waals surface area contributed by atoms with Crippen molar-refractivity contribution in [3.8, 4) is 0 Å². The van der Waals surface area contributed by atoms with E-state index >= 15 is 0 Å². The highest BCUT2D eigenvalue weighted by Gasteiger charge is 2.85. The van der Waals surface area contributed by atoms with E-state index in [2.05, 4.69) is 36.4 Å². The van der Waals surface area contributed by atoms with Crippen LogP contribution in [0.5, 0.6) is 0 Å². The smallest absolute Gasteiger partial charge is 0.315 e. The minimum atomic E-state index is -1.10. The highest BCUT2D eigenvalue weighted by atomic mass is 16.2. The van der Waals surface area contributed by atoms with E-state index in [-0.39, 0.29) is 53.4 Å². The first kappa shape index (κ1) is 39.4. The Kier molecular flexibility index (Phi) is 10.3. The number of nitrogens with two attached hydrogens (primary N) is 1. The van der Waals surface area contributed by atoms with Crippen LogP contribution in [0.4, 0.5) is 4.79 Å². The van der Waals surface area contributed by atoms with Crippen LogP contribution in [0, 0.1) is 33.0 Å². The van der Waals surface area contributed by atoms with E-state index in [1.807, 2.05) is 41.5 Å². The number of likely N-dealkylation sites (tertiary alicyclic amines) is 2. The van der Waals surface area contributed by atoms with Crippen molar-refractivity contribution in [1.29, 1.82) is 0 Å². The van der Waals surface area contributed by atoms with Gasteiger partial charge < -0.3 is 26.6 Å². The van der Waals surface area contributed by atoms with E-state index in [4.69, 9.17) is 5.73 Å². The SMILES string of the molecule is C=C1CC(=O)N(C[C@@H](NC(=O)N[C@H](C(=O)N2CC3(C[C@H]2C(=O)NC(CC2CCC2)C(=O)C(N)=O)C(C)(C)C32CCC2)C(C)(C)C)C(C)(C)C)C(=O)C1. The standard InChI is InChI=1S/C39H60N6O7/c1-22-16-27(46)44(28(47)17-22)20-26(35(2,3)4)42-34(52)43-30(36(5,6)7)33(51)45-21-39(37(8,9)38(39)14-11-15-38)19-25(45)32(50)41-24(29(48)31(40)49)18-23-12-10-13-23/h23-26,30H,1,10-21H2,2-9H3,(H2,40,49)(H,41,50)(H2,42,43,52)/t24?,25-,26+,30+,39?/m0/s1. The number of imide groups is 1. The molecular formula is C39H60N6O7. The molecule has 5 fully saturated rings. The first-order valence-corrected chi connectivity index (χ1v) is 19.0. The lowest BCUT2D eigenvalue weighted by molar-refractivity contribution is -0.146. The molecule has 2 spiro atoms. The summed E-state index contributed by atoms with van der Waals surface area (Å²) in [4.78, 5) is 96.1. The molecule has 2 aliphatic heterocycles. The van der Waals surface area contributed by atoms with E-state index in [1.165, 1.54) is 4.90 Å². The molecule has 7 amide bonds. The van der Waals surface area contributed by atoms with Crippen LogP contribution in [0.25, 0.3) is 0 Å². The molecule has 52 heavy (non-hydrogen) atoms. The largest absolute Gasteiger partial charge is 0.363 e. The minimum Gasteiger partial charge on any atom is -0.363 e. The van der Waals surface area contributed by atoms with E-state index in [9.17, 15) is 33.6 Å². The van der Waals surface area contributed by atoms with E-state index in [1.54, 1.807) is 4.90 Å². The molecule has 0 aromatic rings. The van der Waals surface area contributed by atoms with Gasteiger partial charge in [0.1, 0.15) is 12.1 Å². The molecule has 3 saturated carbocycles. The summed E-state index contributed by atoms with van der Waals surface area (Å²) in [6.07, 6.45) is 6.80. The van der Waals surface area contributed by atoms with Crippen LogP contribution >= 0.6 is 0 Å². The molecule has 5 rings (SSSR count). The van der Waals surface area contributed by atoms with Crippen LogP contribution in [-0.2, 0) is 28.8 Å². The van der Waals surface area contributed by atoms with Gasteiger partial charge in [0.25, 0.3) is 5.91 Å². The van der Waals surface area contributed by atoms with Gasteiger partial charge in [-0.25, -0.2) is 4.79 Å². The predicted octanol–water partition coefficient (Wildman–Crippen LogP) is 3.35. The van der Waals surface area contributed by atoms with Gasteiger partial charge in [0.15, 0.2) is 0 Å². The molecule has 0 aromatic heterocycles. The van der Waals surface area contributed by atoms with Gasteiger partial charge in [0.05, 0.1) is 12.1 Å². The minimum absolute atomic E-state index is 0.000415. The number of primary amides is 1. The number of Topliss-reactive ketones (excluding diaryl/α,β-unsaturated/α-hetero) is 1. The monoisotopic (exact) mass is 724 g/mol. The molecule has 13 nitrogen and oxygen atoms in total. The third kappa shape index (κ3) is 6.88. The van der Waals surface area contributed by atoms with Crippen LogP contribution in [-0.4, -0.2) is 88.4 Å². The predicted molar refractivity (Wildman–Crippen MR) is 194 cm³/mol. The van der Waals surface area contributed by atoms with Gasteiger partial charge in [0.2, 0.25) is 29.4 Å². The number of amides is 7. The molecule has 2 heterocycles. The van der Waals surface area contributed by atoms with Crippen LogP contribution in [0.15, 0.2) is 12.2 Å². The zero-order valence-electron chi connectivity index (χ0n) is 32.4. The van der Waals surface area contributed by atoms with Crippen molar-refractivity contribution in [3.63, 3.8) is 0 Å². The van der Waals surface area contributed by atoms with Crippen LogP contribution in [0.2, 0.25) is 0 Å². The summed E-state index contributed by atoms with van der Waals surface area (Å²) in [6.45, 7) is 19.7. The van der Waals surface area contributed by atoms with Crippen molar-refractivity contribution in [2.24, 2.45) is 38.7 Å². The number of urea groups is 1. The van der Waals surface area contributed by atoms with Crippen molar-refractivity contribution in [2.75, 3.05) is 13.1 Å². The molecule has 0 radical (unpaired) electrons. The number of hydrogen-bond donors (Lipinski definition) is 4. The summed E-state index contributed by atoms with van der Waals surface area (Å²) in [7, 11) is 0. The molecular weight excluding hydrogens is 664 g/mol. The molecule has 0 aromatic carbocycles. The number of carbonyl (C=O) groups is 7. The van der Waals surface area contributed by atoms with Gasteiger partial charge in [-0.3, -0.25) is 33.7 Å². The molecule has 288 valence electrons. The zero-order valence-corrected chi connectivity index (χ0v) is 32.4. The van der Waals surface area contributed by atoms with Crippen molar-refractivity contribution in [1.82, 2.24) is 25.8 Å². The first-order chi connectivity index (χ1) is 24.0. The number of nitrogens with one attached hydrogen (secondary N) is 3. The number of fused-ring (bicyclic) bond motifs is 1. The van der Waals surface area contributed by atoms with Crippen molar-refractivity contribution in [2.45, 2.75) is 144 Å². The maximum absolute atomic E-state index is 14.8. The fourth-order valence-electron chi connectivity index (χ4n) is 9.68. The Morgan fingerprint density at radius 3 is 1.92 bits per heavy atom. The Bertz CT molecular complexity index is 1530. The molecule has 5 atom stereocenters. The van der Waals surface area contributed by atoms with Gasteiger partial charge in [0, 0.05) is 31.3 Å². The Morgan fingerprint density at radius 1 is 0.885 bits per heavy atom. The lowest BCUT2D eigenvalue weighted by Gasteiger charge is -2.39. The van der Waals surface area contributed by atoms with Gasteiger partial charge in [-0.15, -0.1) is 0 Å². The lowest BCUT2D eigenvalue weighted by Crippen LogP contribution is -2.62. The average molecular weight is 725 g/mol. The number of piperidine rings is 1. The second kappa shape index (κ2) is 13.6. The van der Waals surface area contributed by atoms with Gasteiger partial charge in [-0.2, -0.15) is 0 Å². The van der Waals surface area contributed by atoms with Crippen LogP contribution in [0.3, 0.4) is 0 Å². The zero-order chi connectivity index (χ0) is 38.8. The summed E-state index contributed by atoms with van der Waals surface area (Å²) in [5.74, 6) is -3.39. The Labute approximate surface area is 308 Å². The second-order valence-corrected chi connectivity index (χ2v) is 19.0. The average Bonchev–Trinajstić information content (AvgIpc) is 3.19. The number of rotatable bonds is 11. The van der Waals surface area contributed by atoms with Crippen LogP contribution < -0.4 is 21.7 Å². The van der Waals surface area contributed by atoms with Crippen molar-refractivity contribution < 1.29 is 33.6 Å². The van der Waals surface area contributed by atoms with Gasteiger partial charge in [-0.05, 0) is 53.3 Å². The van der Waals surface area contributed by atoms with E-state index in [0.29, 0.717) is 25.0 Å². The summed E-state index contributed by atoms with van der Waals surface area (Å²) >= 11 is 0.